The lowest BCUT2D eigenvalue weighted by Crippen LogP contribution is -2.23. The largest absolute Gasteiger partial charge is 0.354 e. The van der Waals surface area contributed by atoms with Crippen LogP contribution in [0.3, 0.4) is 0 Å². The van der Waals surface area contributed by atoms with E-state index < -0.39 is 0 Å². The SMILES string of the molecule is Cc1cccc(CNC(=O)c2cnc(NCCc3ccc(F)cc3)nc2)c1. The van der Waals surface area contributed by atoms with Gasteiger partial charge in [0.25, 0.3) is 5.91 Å². The quantitative estimate of drug-likeness (QED) is 0.673. The molecule has 3 aromatic rings. The molecule has 0 saturated heterocycles. The molecule has 0 bridgehead atoms. The fraction of sp³-hybridized carbons (Fsp3) is 0.190. The summed E-state index contributed by atoms with van der Waals surface area (Å²) >= 11 is 0. The molecule has 6 heteroatoms. The maximum Gasteiger partial charge on any atom is 0.254 e. The Morgan fingerprint density at radius 2 is 1.78 bits per heavy atom. The van der Waals surface area contributed by atoms with Crippen molar-refractivity contribution in [2.75, 3.05) is 11.9 Å². The predicted molar refractivity (Wildman–Crippen MR) is 103 cm³/mol. The van der Waals surface area contributed by atoms with E-state index in [1.165, 1.54) is 24.5 Å². The maximum atomic E-state index is 12.9. The number of halogens is 1. The molecule has 1 aromatic heterocycles. The Bertz CT molecular complexity index is 895. The van der Waals surface area contributed by atoms with Crippen molar-refractivity contribution < 1.29 is 9.18 Å². The fourth-order valence-electron chi connectivity index (χ4n) is 2.61. The summed E-state index contributed by atoms with van der Waals surface area (Å²) in [6, 6.07) is 14.4. The molecular formula is C21H21FN4O. The Labute approximate surface area is 157 Å². The Balaban J connectivity index is 1.47. The molecule has 0 saturated carbocycles. The van der Waals surface area contributed by atoms with E-state index in [-0.39, 0.29) is 11.7 Å². The molecule has 0 aliphatic rings. The first-order valence-corrected chi connectivity index (χ1v) is 8.74. The molecule has 27 heavy (non-hydrogen) atoms. The highest BCUT2D eigenvalue weighted by atomic mass is 19.1. The van der Waals surface area contributed by atoms with Crippen LogP contribution in [0.4, 0.5) is 10.3 Å². The zero-order valence-electron chi connectivity index (χ0n) is 15.1. The molecule has 0 unspecified atom stereocenters. The van der Waals surface area contributed by atoms with Crippen molar-refractivity contribution in [2.24, 2.45) is 0 Å². The van der Waals surface area contributed by atoms with Gasteiger partial charge in [-0.1, -0.05) is 42.0 Å². The van der Waals surface area contributed by atoms with Crippen molar-refractivity contribution in [3.8, 4) is 0 Å². The van der Waals surface area contributed by atoms with E-state index in [1.54, 1.807) is 12.1 Å². The summed E-state index contributed by atoms with van der Waals surface area (Å²) in [5.41, 5.74) is 3.63. The number of rotatable bonds is 7. The molecule has 1 amide bonds. The number of nitrogens with one attached hydrogen (secondary N) is 2. The second kappa shape index (κ2) is 8.89. The Morgan fingerprint density at radius 1 is 1.04 bits per heavy atom. The molecule has 2 aromatic carbocycles. The van der Waals surface area contributed by atoms with E-state index in [0.29, 0.717) is 24.6 Å². The van der Waals surface area contributed by atoms with Crippen molar-refractivity contribution >= 4 is 11.9 Å². The number of hydrogen-bond acceptors (Lipinski definition) is 4. The minimum Gasteiger partial charge on any atom is -0.354 e. The minimum atomic E-state index is -0.244. The summed E-state index contributed by atoms with van der Waals surface area (Å²) in [7, 11) is 0. The predicted octanol–water partition coefficient (Wildman–Crippen LogP) is 3.51. The van der Waals surface area contributed by atoms with Crippen molar-refractivity contribution in [1.29, 1.82) is 0 Å². The lowest BCUT2D eigenvalue weighted by Gasteiger charge is -2.07. The highest BCUT2D eigenvalue weighted by Gasteiger charge is 2.07. The van der Waals surface area contributed by atoms with Crippen molar-refractivity contribution in [1.82, 2.24) is 15.3 Å². The van der Waals surface area contributed by atoms with E-state index in [2.05, 4.69) is 20.6 Å². The number of amides is 1. The third kappa shape index (κ3) is 5.60. The van der Waals surface area contributed by atoms with Crippen LogP contribution in [0.25, 0.3) is 0 Å². The first-order valence-electron chi connectivity index (χ1n) is 8.74. The number of nitrogens with zero attached hydrogens (tertiary/aromatic N) is 2. The molecule has 2 N–H and O–H groups in total. The lowest BCUT2D eigenvalue weighted by atomic mass is 10.1. The molecule has 0 aliphatic carbocycles. The average molecular weight is 364 g/mol. The van der Waals surface area contributed by atoms with Crippen LogP contribution in [0.2, 0.25) is 0 Å². The lowest BCUT2D eigenvalue weighted by molar-refractivity contribution is 0.0950. The standard InChI is InChI=1S/C21H21FN4O/c1-15-3-2-4-17(11-15)12-24-20(27)18-13-25-21(26-14-18)23-10-9-16-5-7-19(22)8-6-16/h2-8,11,13-14H,9-10,12H2,1H3,(H,24,27)(H,23,25,26). The van der Waals surface area contributed by atoms with Gasteiger partial charge in [0.1, 0.15) is 5.82 Å². The highest BCUT2D eigenvalue weighted by molar-refractivity contribution is 5.93. The topological polar surface area (TPSA) is 66.9 Å². The molecule has 0 aliphatic heterocycles. The second-order valence-corrected chi connectivity index (χ2v) is 6.27. The summed E-state index contributed by atoms with van der Waals surface area (Å²) in [6.07, 6.45) is 3.72. The normalized spacial score (nSPS) is 10.4. The molecule has 0 spiro atoms. The zero-order valence-corrected chi connectivity index (χ0v) is 15.1. The van der Waals surface area contributed by atoms with Crippen LogP contribution in [-0.4, -0.2) is 22.4 Å². The van der Waals surface area contributed by atoms with E-state index in [9.17, 15) is 9.18 Å². The number of aryl methyl sites for hydroxylation is 1. The van der Waals surface area contributed by atoms with Crippen LogP contribution in [0.5, 0.6) is 0 Å². The van der Waals surface area contributed by atoms with Gasteiger partial charge in [0, 0.05) is 25.5 Å². The van der Waals surface area contributed by atoms with Crippen LogP contribution < -0.4 is 10.6 Å². The van der Waals surface area contributed by atoms with Crippen molar-refractivity contribution in [2.45, 2.75) is 19.9 Å². The first kappa shape index (κ1) is 18.5. The van der Waals surface area contributed by atoms with Gasteiger partial charge in [-0.25, -0.2) is 14.4 Å². The highest BCUT2D eigenvalue weighted by Crippen LogP contribution is 2.06. The number of carbonyl (C=O) groups is 1. The summed E-state index contributed by atoms with van der Waals surface area (Å²) < 4.78 is 12.9. The summed E-state index contributed by atoms with van der Waals surface area (Å²) in [4.78, 5) is 20.5. The van der Waals surface area contributed by atoms with Crippen LogP contribution in [0.1, 0.15) is 27.0 Å². The molecule has 3 rings (SSSR count). The first-order chi connectivity index (χ1) is 13.1. The molecule has 0 radical (unpaired) electrons. The molecule has 0 atom stereocenters. The average Bonchev–Trinajstić information content (AvgIpc) is 2.68. The summed E-state index contributed by atoms with van der Waals surface area (Å²) in [5.74, 6) is -0.00646. The Morgan fingerprint density at radius 3 is 2.48 bits per heavy atom. The number of anilines is 1. The molecule has 5 nitrogen and oxygen atoms in total. The van der Waals surface area contributed by atoms with Gasteiger partial charge in [-0.3, -0.25) is 4.79 Å². The van der Waals surface area contributed by atoms with Crippen molar-refractivity contribution in [3.05, 3.63) is 89.0 Å². The van der Waals surface area contributed by atoms with Crippen LogP contribution >= 0.6 is 0 Å². The van der Waals surface area contributed by atoms with Crippen LogP contribution in [0.15, 0.2) is 60.9 Å². The smallest absolute Gasteiger partial charge is 0.254 e. The number of benzene rings is 2. The zero-order chi connectivity index (χ0) is 19.1. The molecule has 1 heterocycles. The number of hydrogen-bond donors (Lipinski definition) is 2. The molecule has 0 fully saturated rings. The van der Waals surface area contributed by atoms with Crippen molar-refractivity contribution in [3.63, 3.8) is 0 Å². The van der Waals surface area contributed by atoms with Crippen LogP contribution in [0, 0.1) is 12.7 Å². The Hall–Kier alpha value is -3.28. The van der Waals surface area contributed by atoms with Gasteiger partial charge in [-0.15, -0.1) is 0 Å². The summed E-state index contributed by atoms with van der Waals surface area (Å²) in [6.45, 7) is 3.09. The van der Waals surface area contributed by atoms with Gasteiger partial charge in [0.2, 0.25) is 5.95 Å². The van der Waals surface area contributed by atoms with E-state index >= 15 is 0 Å². The number of aromatic nitrogens is 2. The van der Waals surface area contributed by atoms with E-state index in [4.69, 9.17) is 0 Å². The monoisotopic (exact) mass is 364 g/mol. The van der Waals surface area contributed by atoms with Gasteiger partial charge in [-0.2, -0.15) is 0 Å². The summed E-state index contributed by atoms with van der Waals surface area (Å²) in [5, 5.41) is 5.95. The fourth-order valence-corrected chi connectivity index (χ4v) is 2.61. The maximum absolute atomic E-state index is 12.9. The van der Waals surface area contributed by atoms with E-state index in [1.807, 2.05) is 31.2 Å². The molecular weight excluding hydrogens is 343 g/mol. The number of carbonyl (C=O) groups excluding carboxylic acids is 1. The third-order valence-electron chi connectivity index (χ3n) is 4.06. The Kier molecular flexibility index (Phi) is 6.10. The second-order valence-electron chi connectivity index (χ2n) is 6.27. The van der Waals surface area contributed by atoms with Gasteiger partial charge < -0.3 is 10.6 Å². The van der Waals surface area contributed by atoms with Gasteiger partial charge in [-0.05, 0) is 36.6 Å². The van der Waals surface area contributed by atoms with Crippen LogP contribution in [-0.2, 0) is 13.0 Å². The third-order valence-corrected chi connectivity index (χ3v) is 4.06. The van der Waals surface area contributed by atoms with E-state index in [0.717, 1.165) is 23.1 Å². The van der Waals surface area contributed by atoms with Gasteiger partial charge in [0.15, 0.2) is 0 Å². The minimum absolute atomic E-state index is 0.214. The van der Waals surface area contributed by atoms with Gasteiger partial charge >= 0.3 is 0 Å². The molecule has 138 valence electrons. The van der Waals surface area contributed by atoms with Gasteiger partial charge in [0.05, 0.1) is 5.56 Å².